The van der Waals surface area contributed by atoms with Crippen LogP contribution in [0.3, 0.4) is 0 Å². The Morgan fingerprint density at radius 1 is 1.60 bits per heavy atom. The number of hydrogen-bond acceptors (Lipinski definition) is 2. The minimum Gasteiger partial charge on any atom is -0.464 e. The molecule has 0 unspecified atom stereocenters. The molecule has 4 heteroatoms. The van der Waals surface area contributed by atoms with Gasteiger partial charge >= 0.3 is 5.97 Å². The highest BCUT2D eigenvalue weighted by Gasteiger charge is 2.00. The van der Waals surface area contributed by atoms with E-state index >= 15 is 0 Å². The molecule has 2 nitrogen and oxygen atoms in total. The van der Waals surface area contributed by atoms with Gasteiger partial charge in [0.2, 0.25) is 0 Å². The second-order valence-electron chi connectivity index (χ2n) is 1.70. The average molecular weight is 169 g/mol. The quantitative estimate of drug-likeness (QED) is 0.460. The number of halogens is 2. The van der Waals surface area contributed by atoms with Crippen molar-refractivity contribution in [1.82, 2.24) is 0 Å². The van der Waals surface area contributed by atoms with Crippen molar-refractivity contribution >= 4 is 17.6 Å². The zero-order valence-corrected chi connectivity index (χ0v) is 6.36. The van der Waals surface area contributed by atoms with Crippen molar-refractivity contribution in [2.75, 3.05) is 19.2 Å². The topological polar surface area (TPSA) is 26.3 Å². The van der Waals surface area contributed by atoms with E-state index in [0.717, 1.165) is 0 Å². The molecule has 0 amide bonds. The number of esters is 1. The zero-order valence-electron chi connectivity index (χ0n) is 5.61. The molecule has 10 heavy (non-hydrogen) atoms. The maximum Gasteiger partial charge on any atom is 0.305 e. The van der Waals surface area contributed by atoms with Gasteiger partial charge in [-0.15, -0.1) is 11.6 Å². The van der Waals surface area contributed by atoms with Gasteiger partial charge in [-0.1, -0.05) is 0 Å². The number of hydrogen-bond donors (Lipinski definition) is 0. The fourth-order valence-corrected chi connectivity index (χ4v) is 0.513. The Labute approximate surface area is 64.3 Å². The number of alkyl halides is 2. The van der Waals surface area contributed by atoms with E-state index < -0.39 is 6.67 Å². The molecule has 0 aliphatic carbocycles. The summed E-state index contributed by atoms with van der Waals surface area (Å²) in [5, 5.41) is 0. The minimum absolute atomic E-state index is 0.146. The highest BCUT2D eigenvalue weighted by Crippen LogP contribution is 1.93. The molecule has 0 saturated heterocycles. The molecule has 0 rings (SSSR count). The smallest absolute Gasteiger partial charge is 0.305 e. The molecule has 0 aromatic carbocycles. The summed E-state index contributed by atoms with van der Waals surface area (Å²) in [7, 11) is 0. The van der Waals surface area contributed by atoms with Crippen LogP contribution in [0.5, 0.6) is 0 Å². The molecule has 0 saturated carbocycles. The van der Waals surface area contributed by atoms with E-state index in [-0.39, 0.29) is 25.4 Å². The second kappa shape index (κ2) is 6.81. The molecule has 0 bridgehead atoms. The molecule has 0 radical (unpaired) electrons. The molecular weight excluding hydrogens is 159 g/mol. The van der Waals surface area contributed by atoms with E-state index in [1.54, 1.807) is 0 Å². The first kappa shape index (κ1) is 9.69. The van der Waals surface area contributed by atoms with E-state index in [1.807, 2.05) is 0 Å². The summed E-state index contributed by atoms with van der Waals surface area (Å²) in [4.78, 5) is 10.5. The molecule has 0 fully saturated rings. The largest absolute Gasteiger partial charge is 0.464 e. The van der Waals surface area contributed by atoms with Crippen LogP contribution in [0, 0.1) is 0 Å². The predicted octanol–water partition coefficient (Wildman–Crippen LogP) is 1.52. The van der Waals surface area contributed by atoms with Gasteiger partial charge in [0.1, 0.15) is 6.61 Å². The number of carbonyl (C=O) groups is 1. The third kappa shape index (κ3) is 5.82. The third-order valence-corrected chi connectivity index (χ3v) is 1.01. The first-order chi connectivity index (χ1) is 4.81. The maximum absolute atomic E-state index is 11.4. The molecular formula is C6H10ClFO2. The molecule has 0 aliphatic heterocycles. The molecule has 0 aromatic rings. The predicted molar refractivity (Wildman–Crippen MR) is 36.9 cm³/mol. The summed E-state index contributed by atoms with van der Waals surface area (Å²) in [5.74, 6) is -0.0836. The van der Waals surface area contributed by atoms with Crippen molar-refractivity contribution in [2.24, 2.45) is 0 Å². The average Bonchev–Trinajstić information content (AvgIpc) is 1.97. The van der Waals surface area contributed by atoms with E-state index in [9.17, 15) is 9.18 Å². The lowest BCUT2D eigenvalue weighted by atomic mass is 10.3. The van der Waals surface area contributed by atoms with Crippen LogP contribution in [0.4, 0.5) is 4.39 Å². The Morgan fingerprint density at radius 3 is 2.80 bits per heavy atom. The van der Waals surface area contributed by atoms with Crippen molar-refractivity contribution in [3.05, 3.63) is 0 Å². The number of rotatable bonds is 5. The van der Waals surface area contributed by atoms with Gasteiger partial charge in [-0.25, -0.2) is 0 Å². The van der Waals surface area contributed by atoms with Crippen LogP contribution < -0.4 is 0 Å². The third-order valence-electron chi connectivity index (χ3n) is 0.855. The van der Waals surface area contributed by atoms with Crippen LogP contribution in [0.25, 0.3) is 0 Å². The first-order valence-electron chi connectivity index (χ1n) is 3.08. The fourth-order valence-electron chi connectivity index (χ4n) is 0.436. The number of ether oxygens (including phenoxy) is 1. The molecule has 0 heterocycles. The SMILES string of the molecule is O=C(CCCF)OCCCl. The summed E-state index contributed by atoms with van der Waals surface area (Å²) >= 11 is 5.23. The van der Waals surface area contributed by atoms with E-state index in [2.05, 4.69) is 4.74 Å². The van der Waals surface area contributed by atoms with Crippen molar-refractivity contribution in [3.63, 3.8) is 0 Å². The minimum atomic E-state index is -0.476. The summed E-state index contributed by atoms with van der Waals surface area (Å²) in [6.45, 7) is -0.261. The highest BCUT2D eigenvalue weighted by atomic mass is 35.5. The van der Waals surface area contributed by atoms with E-state index in [1.165, 1.54) is 0 Å². The van der Waals surface area contributed by atoms with Gasteiger partial charge in [0.15, 0.2) is 0 Å². The maximum atomic E-state index is 11.4. The summed E-state index contributed by atoms with van der Waals surface area (Å²) in [6.07, 6.45) is 0.383. The van der Waals surface area contributed by atoms with Crippen molar-refractivity contribution < 1.29 is 13.9 Å². The Hall–Kier alpha value is -0.310. The lowest BCUT2D eigenvalue weighted by Crippen LogP contribution is -2.06. The van der Waals surface area contributed by atoms with Crippen molar-refractivity contribution in [1.29, 1.82) is 0 Å². The molecule has 60 valence electrons. The van der Waals surface area contributed by atoms with Crippen LogP contribution in [0.1, 0.15) is 12.8 Å². The van der Waals surface area contributed by atoms with E-state index in [0.29, 0.717) is 5.88 Å². The van der Waals surface area contributed by atoms with Gasteiger partial charge in [-0.3, -0.25) is 9.18 Å². The molecule has 0 aliphatic rings. The monoisotopic (exact) mass is 168 g/mol. The highest BCUT2D eigenvalue weighted by molar-refractivity contribution is 6.18. The van der Waals surface area contributed by atoms with Crippen LogP contribution in [0.15, 0.2) is 0 Å². The standard InChI is InChI=1S/C6H10ClFO2/c7-3-5-10-6(9)2-1-4-8/h1-5H2. The lowest BCUT2D eigenvalue weighted by Gasteiger charge is -1.99. The summed E-state index contributed by atoms with van der Waals surface area (Å²) in [6, 6.07) is 0. The van der Waals surface area contributed by atoms with Gasteiger partial charge in [-0.2, -0.15) is 0 Å². The van der Waals surface area contributed by atoms with Gasteiger partial charge in [0.25, 0.3) is 0 Å². The van der Waals surface area contributed by atoms with Crippen LogP contribution >= 0.6 is 11.6 Å². The second-order valence-corrected chi connectivity index (χ2v) is 2.08. The van der Waals surface area contributed by atoms with Crippen LogP contribution in [-0.4, -0.2) is 25.1 Å². The Morgan fingerprint density at radius 2 is 2.30 bits per heavy atom. The Bertz CT molecular complexity index is 87.7. The van der Waals surface area contributed by atoms with Crippen molar-refractivity contribution in [3.8, 4) is 0 Å². The van der Waals surface area contributed by atoms with E-state index in [4.69, 9.17) is 11.6 Å². The lowest BCUT2D eigenvalue weighted by molar-refractivity contribution is -0.143. The first-order valence-corrected chi connectivity index (χ1v) is 3.62. The molecule has 0 spiro atoms. The Kier molecular flexibility index (Phi) is 6.59. The summed E-state index contributed by atoms with van der Waals surface area (Å²) in [5.41, 5.74) is 0. The van der Waals surface area contributed by atoms with Gasteiger partial charge in [0, 0.05) is 6.42 Å². The van der Waals surface area contributed by atoms with Crippen molar-refractivity contribution in [2.45, 2.75) is 12.8 Å². The zero-order chi connectivity index (χ0) is 7.82. The summed E-state index contributed by atoms with van der Waals surface area (Å²) < 4.78 is 16.0. The van der Waals surface area contributed by atoms with Gasteiger partial charge < -0.3 is 4.74 Å². The van der Waals surface area contributed by atoms with Crippen LogP contribution in [-0.2, 0) is 9.53 Å². The number of carbonyl (C=O) groups excluding carboxylic acids is 1. The van der Waals surface area contributed by atoms with Gasteiger partial charge in [0.05, 0.1) is 12.6 Å². The Balaban J connectivity index is 3.09. The normalized spacial score (nSPS) is 9.40. The van der Waals surface area contributed by atoms with Gasteiger partial charge in [-0.05, 0) is 6.42 Å². The molecule has 0 aromatic heterocycles. The molecule has 0 atom stereocenters. The fraction of sp³-hybridized carbons (Fsp3) is 0.833. The molecule has 0 N–H and O–H groups in total. The van der Waals surface area contributed by atoms with Crippen LogP contribution in [0.2, 0.25) is 0 Å².